The molecule has 0 aliphatic rings. The number of hydrogen-bond acceptors (Lipinski definition) is 6. The van der Waals surface area contributed by atoms with Gasteiger partial charge in [-0.3, -0.25) is 4.79 Å². The van der Waals surface area contributed by atoms with Gasteiger partial charge in [0.05, 0.1) is 18.6 Å². The molecule has 0 aliphatic carbocycles. The molecule has 0 bridgehead atoms. The number of carbonyl (C=O) groups excluding carboxylic acids is 1. The summed E-state index contributed by atoms with van der Waals surface area (Å²) >= 11 is 1.55. The largest absolute Gasteiger partial charge is 0.490 e. The van der Waals surface area contributed by atoms with Crippen LogP contribution in [0.3, 0.4) is 0 Å². The number of halogens is 3. The Labute approximate surface area is 256 Å². The van der Waals surface area contributed by atoms with E-state index >= 15 is 0 Å². The van der Waals surface area contributed by atoms with Crippen molar-refractivity contribution < 1.29 is 37.8 Å². The maximum atomic E-state index is 13.2. The third kappa shape index (κ3) is 10.2. The normalized spacial score (nSPS) is 11.5. The van der Waals surface area contributed by atoms with Crippen molar-refractivity contribution in [2.24, 2.45) is 0 Å². The van der Waals surface area contributed by atoms with Crippen LogP contribution in [-0.2, 0) is 22.7 Å². The van der Waals surface area contributed by atoms with Gasteiger partial charge in [-0.2, -0.15) is 24.9 Å². The number of anilines is 1. The van der Waals surface area contributed by atoms with Crippen LogP contribution < -0.4 is 10.6 Å². The van der Waals surface area contributed by atoms with Crippen molar-refractivity contribution in [1.29, 1.82) is 0 Å². The number of aromatic nitrogens is 2. The molecular weight excluding hydrogens is 597 g/mol. The van der Waals surface area contributed by atoms with Crippen LogP contribution in [0.4, 0.5) is 18.9 Å². The SMILES string of the molecule is CSCC[C@H](NC(=O)c1ccc(NCc2cncn2Cc2ccccc2)cc1-c1ccccc1)C(=O)O.O=C(O)C(F)(F)F. The van der Waals surface area contributed by atoms with Gasteiger partial charge in [0.15, 0.2) is 0 Å². The summed E-state index contributed by atoms with van der Waals surface area (Å²) in [6.07, 6.45) is 0.854. The smallest absolute Gasteiger partial charge is 0.480 e. The summed E-state index contributed by atoms with van der Waals surface area (Å²) in [5, 5.41) is 22.8. The maximum Gasteiger partial charge on any atom is 0.490 e. The summed E-state index contributed by atoms with van der Waals surface area (Å²) in [6.45, 7) is 1.29. The highest BCUT2D eigenvalue weighted by molar-refractivity contribution is 7.98. The highest BCUT2D eigenvalue weighted by Gasteiger charge is 2.38. The topological polar surface area (TPSA) is 134 Å². The van der Waals surface area contributed by atoms with E-state index in [1.165, 1.54) is 5.56 Å². The Hall–Kier alpha value is -4.78. The van der Waals surface area contributed by atoms with Crippen LogP contribution in [-0.4, -0.2) is 61.8 Å². The minimum atomic E-state index is -5.08. The minimum Gasteiger partial charge on any atom is -0.480 e. The lowest BCUT2D eigenvalue weighted by atomic mass is 9.98. The second kappa shape index (κ2) is 16.2. The number of hydrogen-bond donors (Lipinski definition) is 4. The second-order valence-corrected chi connectivity index (χ2v) is 10.4. The fourth-order valence-electron chi connectivity index (χ4n) is 4.05. The molecule has 0 unspecified atom stereocenters. The summed E-state index contributed by atoms with van der Waals surface area (Å²) in [5.74, 6) is -3.55. The molecule has 1 amide bonds. The molecule has 0 aliphatic heterocycles. The standard InChI is InChI=1S/C29H30N4O3S.C2HF3O2/c1-37-15-14-27(29(35)36)32-28(34)25-13-12-23(16-26(25)22-10-6-3-7-11-22)31-18-24-17-30-20-33(24)19-21-8-4-2-5-9-21;3-2(4,5)1(6)7/h2-13,16-17,20,27,31H,14-15,18-19H2,1H3,(H,32,34)(H,35,36);(H,6,7)/t27-;/m0./s1. The second-order valence-electron chi connectivity index (χ2n) is 9.43. The molecular formula is C31H31F3N4O5S. The lowest BCUT2D eigenvalue weighted by molar-refractivity contribution is -0.192. The quantitative estimate of drug-likeness (QED) is 0.155. The van der Waals surface area contributed by atoms with E-state index < -0.39 is 30.1 Å². The summed E-state index contributed by atoms with van der Waals surface area (Å²) in [7, 11) is 0. The lowest BCUT2D eigenvalue weighted by Gasteiger charge is -2.17. The van der Waals surface area contributed by atoms with E-state index in [-0.39, 0.29) is 0 Å². The Bertz CT molecular complexity index is 1530. The van der Waals surface area contributed by atoms with E-state index in [1.807, 2.05) is 79.4 Å². The minimum absolute atomic E-state index is 0.360. The van der Waals surface area contributed by atoms with Gasteiger partial charge in [-0.15, -0.1) is 0 Å². The van der Waals surface area contributed by atoms with Crippen LogP contribution in [0, 0.1) is 0 Å². The number of rotatable bonds is 12. The molecule has 0 radical (unpaired) electrons. The Balaban J connectivity index is 0.000000676. The first-order valence-corrected chi connectivity index (χ1v) is 14.7. The maximum absolute atomic E-state index is 13.2. The van der Waals surface area contributed by atoms with E-state index in [0.717, 1.165) is 29.1 Å². The molecule has 4 N–H and O–H groups in total. The number of carboxylic acids is 2. The van der Waals surface area contributed by atoms with Gasteiger partial charge in [-0.25, -0.2) is 14.6 Å². The van der Waals surface area contributed by atoms with Gasteiger partial charge < -0.3 is 25.4 Å². The summed E-state index contributed by atoms with van der Waals surface area (Å²) in [6, 6.07) is 24.4. The average molecular weight is 629 g/mol. The fraction of sp³-hybridized carbons (Fsp3) is 0.226. The Morgan fingerprint density at radius 1 is 0.977 bits per heavy atom. The summed E-state index contributed by atoms with van der Waals surface area (Å²) < 4.78 is 33.8. The number of carboxylic acid groups (broad SMARTS) is 2. The van der Waals surface area contributed by atoms with Crippen LogP contribution in [0.5, 0.6) is 0 Å². The van der Waals surface area contributed by atoms with Crippen molar-refractivity contribution in [2.75, 3.05) is 17.3 Å². The molecule has 44 heavy (non-hydrogen) atoms. The van der Waals surface area contributed by atoms with E-state index in [2.05, 4.69) is 32.3 Å². The molecule has 1 heterocycles. The van der Waals surface area contributed by atoms with Gasteiger partial charge in [-0.1, -0.05) is 60.7 Å². The molecule has 13 heteroatoms. The predicted octanol–water partition coefficient (Wildman–Crippen LogP) is 5.78. The summed E-state index contributed by atoms with van der Waals surface area (Å²) in [5.41, 5.74) is 5.11. The number of thioether (sulfide) groups is 1. The molecule has 1 aromatic heterocycles. The zero-order chi connectivity index (χ0) is 32.1. The molecule has 4 rings (SSSR count). The lowest BCUT2D eigenvalue weighted by Crippen LogP contribution is -2.41. The monoisotopic (exact) mass is 628 g/mol. The zero-order valence-electron chi connectivity index (χ0n) is 23.6. The van der Waals surface area contributed by atoms with Crippen LogP contribution in [0.2, 0.25) is 0 Å². The molecule has 0 spiro atoms. The third-order valence-corrected chi connectivity index (χ3v) is 6.92. The number of aliphatic carboxylic acids is 2. The van der Waals surface area contributed by atoms with Gasteiger partial charge in [0.25, 0.3) is 5.91 Å². The first-order valence-electron chi connectivity index (χ1n) is 13.3. The molecule has 9 nitrogen and oxygen atoms in total. The molecule has 1 atom stereocenters. The van der Waals surface area contributed by atoms with Crippen molar-refractivity contribution in [1.82, 2.24) is 14.9 Å². The molecule has 3 aromatic carbocycles. The summed E-state index contributed by atoms with van der Waals surface area (Å²) in [4.78, 5) is 38.1. The molecule has 232 valence electrons. The number of benzene rings is 3. The van der Waals surface area contributed by atoms with Crippen molar-refractivity contribution in [3.63, 3.8) is 0 Å². The molecule has 4 aromatic rings. The Morgan fingerprint density at radius 3 is 2.20 bits per heavy atom. The van der Waals surface area contributed by atoms with E-state index in [0.29, 0.717) is 24.3 Å². The Morgan fingerprint density at radius 2 is 1.61 bits per heavy atom. The molecule has 0 fully saturated rings. The predicted molar refractivity (Wildman–Crippen MR) is 163 cm³/mol. The van der Waals surface area contributed by atoms with E-state index in [4.69, 9.17) is 9.90 Å². The van der Waals surface area contributed by atoms with Gasteiger partial charge in [0.1, 0.15) is 6.04 Å². The highest BCUT2D eigenvalue weighted by atomic mass is 32.2. The number of nitrogens with zero attached hydrogens (tertiary/aromatic N) is 2. The van der Waals surface area contributed by atoms with Crippen molar-refractivity contribution in [2.45, 2.75) is 31.7 Å². The zero-order valence-corrected chi connectivity index (χ0v) is 24.4. The molecule has 0 saturated heterocycles. The van der Waals surface area contributed by atoms with E-state index in [1.54, 1.807) is 17.8 Å². The van der Waals surface area contributed by atoms with Crippen LogP contribution in [0.15, 0.2) is 91.4 Å². The number of alkyl halides is 3. The molecule has 0 saturated carbocycles. The first-order chi connectivity index (χ1) is 21.0. The number of amides is 1. The van der Waals surface area contributed by atoms with Crippen LogP contribution >= 0.6 is 11.8 Å². The number of imidazole rings is 1. The van der Waals surface area contributed by atoms with Crippen molar-refractivity contribution >= 4 is 35.3 Å². The van der Waals surface area contributed by atoms with Gasteiger partial charge in [-0.05, 0) is 53.3 Å². The highest BCUT2D eigenvalue weighted by Crippen LogP contribution is 2.28. The van der Waals surface area contributed by atoms with Crippen LogP contribution in [0.25, 0.3) is 11.1 Å². The van der Waals surface area contributed by atoms with Gasteiger partial charge in [0.2, 0.25) is 0 Å². The van der Waals surface area contributed by atoms with E-state index in [9.17, 15) is 27.9 Å². The average Bonchev–Trinajstić information content (AvgIpc) is 3.45. The fourth-order valence-corrected chi connectivity index (χ4v) is 4.52. The van der Waals surface area contributed by atoms with Gasteiger partial charge >= 0.3 is 18.1 Å². The van der Waals surface area contributed by atoms with Gasteiger partial charge in [0, 0.05) is 24.0 Å². The Kier molecular flexibility index (Phi) is 12.4. The van der Waals surface area contributed by atoms with Crippen molar-refractivity contribution in [3.8, 4) is 11.1 Å². The van der Waals surface area contributed by atoms with Crippen LogP contribution in [0.1, 0.15) is 28.0 Å². The number of carbonyl (C=O) groups is 3. The van der Waals surface area contributed by atoms with Crippen molar-refractivity contribution in [3.05, 3.63) is 108 Å². The first kappa shape index (κ1) is 33.7. The third-order valence-electron chi connectivity index (χ3n) is 6.27. The number of nitrogens with one attached hydrogen (secondary N) is 2.